The number of halogens is 4. The van der Waals surface area contributed by atoms with E-state index in [1.165, 1.54) is 18.2 Å². The molecule has 0 unspecified atom stereocenters. The Hall–Kier alpha value is -1.24. The van der Waals surface area contributed by atoms with Gasteiger partial charge in [-0.3, -0.25) is 0 Å². The molecule has 1 N–H and O–H groups in total. The van der Waals surface area contributed by atoms with Crippen molar-refractivity contribution in [3.63, 3.8) is 0 Å². The standard InChI is InChI=1S/C9H6BrF3O3/c10-6-3-5(8(14)15)1-2-7(6)16-4-9(11,12)13/h1-3H,4H2,(H,14,15). The number of carbonyl (C=O) groups is 1. The molecular formula is C9H6BrF3O3. The average molecular weight is 299 g/mol. The van der Waals surface area contributed by atoms with Crippen molar-refractivity contribution < 1.29 is 27.8 Å². The molecule has 0 heterocycles. The van der Waals surface area contributed by atoms with E-state index in [1.807, 2.05) is 0 Å². The summed E-state index contributed by atoms with van der Waals surface area (Å²) in [4.78, 5) is 10.5. The number of carboxylic acid groups (broad SMARTS) is 1. The Morgan fingerprint density at radius 1 is 1.44 bits per heavy atom. The van der Waals surface area contributed by atoms with Crippen LogP contribution in [0.2, 0.25) is 0 Å². The molecule has 0 fully saturated rings. The van der Waals surface area contributed by atoms with Crippen LogP contribution in [-0.2, 0) is 0 Å². The highest BCUT2D eigenvalue weighted by molar-refractivity contribution is 9.10. The minimum absolute atomic E-state index is 0.0359. The molecule has 0 atom stereocenters. The van der Waals surface area contributed by atoms with Gasteiger partial charge in [0.25, 0.3) is 0 Å². The lowest BCUT2D eigenvalue weighted by Gasteiger charge is -2.10. The monoisotopic (exact) mass is 298 g/mol. The minimum Gasteiger partial charge on any atom is -0.483 e. The van der Waals surface area contributed by atoms with Crippen LogP contribution in [0.5, 0.6) is 5.75 Å². The predicted molar refractivity (Wildman–Crippen MR) is 52.7 cm³/mol. The zero-order chi connectivity index (χ0) is 12.3. The van der Waals surface area contributed by atoms with E-state index in [2.05, 4.69) is 20.7 Å². The summed E-state index contributed by atoms with van der Waals surface area (Å²) in [5, 5.41) is 8.62. The van der Waals surface area contributed by atoms with Gasteiger partial charge in [0.2, 0.25) is 0 Å². The molecule has 0 aliphatic rings. The number of alkyl halides is 3. The van der Waals surface area contributed by atoms with E-state index < -0.39 is 18.8 Å². The van der Waals surface area contributed by atoms with E-state index in [9.17, 15) is 18.0 Å². The zero-order valence-electron chi connectivity index (χ0n) is 7.71. The summed E-state index contributed by atoms with van der Waals surface area (Å²) in [7, 11) is 0. The van der Waals surface area contributed by atoms with E-state index >= 15 is 0 Å². The molecule has 7 heteroatoms. The Labute approximate surface area is 97.0 Å². The van der Waals surface area contributed by atoms with Gasteiger partial charge in [0.1, 0.15) is 5.75 Å². The third kappa shape index (κ3) is 3.73. The molecule has 88 valence electrons. The first-order chi connectivity index (χ1) is 7.29. The first kappa shape index (κ1) is 12.8. The minimum atomic E-state index is -4.43. The van der Waals surface area contributed by atoms with E-state index in [1.54, 1.807) is 0 Å². The van der Waals surface area contributed by atoms with Crippen LogP contribution in [0.4, 0.5) is 13.2 Å². The number of benzene rings is 1. The molecule has 1 aromatic carbocycles. The van der Waals surface area contributed by atoms with Gasteiger partial charge < -0.3 is 9.84 Å². The summed E-state index contributed by atoms with van der Waals surface area (Å²) < 4.78 is 40.2. The molecule has 16 heavy (non-hydrogen) atoms. The summed E-state index contributed by atoms with van der Waals surface area (Å²) >= 11 is 2.93. The summed E-state index contributed by atoms with van der Waals surface area (Å²) in [6, 6.07) is 3.51. The lowest BCUT2D eigenvalue weighted by Crippen LogP contribution is -2.19. The maximum absolute atomic E-state index is 11.8. The topological polar surface area (TPSA) is 46.5 Å². The molecule has 0 spiro atoms. The summed E-state index contributed by atoms with van der Waals surface area (Å²) in [5.74, 6) is -1.22. The highest BCUT2D eigenvalue weighted by atomic mass is 79.9. The van der Waals surface area contributed by atoms with Crippen molar-refractivity contribution in [1.82, 2.24) is 0 Å². The predicted octanol–water partition coefficient (Wildman–Crippen LogP) is 3.09. The van der Waals surface area contributed by atoms with Crippen molar-refractivity contribution in [2.24, 2.45) is 0 Å². The van der Waals surface area contributed by atoms with E-state index in [0.29, 0.717) is 0 Å². The fourth-order valence-electron chi connectivity index (χ4n) is 0.911. The van der Waals surface area contributed by atoms with E-state index in [-0.39, 0.29) is 15.8 Å². The molecule has 0 radical (unpaired) electrons. The van der Waals surface area contributed by atoms with Crippen LogP contribution in [0.15, 0.2) is 22.7 Å². The second-order valence-corrected chi connectivity index (χ2v) is 3.71. The molecule has 0 saturated heterocycles. The molecular weight excluding hydrogens is 293 g/mol. The highest BCUT2D eigenvalue weighted by Crippen LogP contribution is 2.27. The van der Waals surface area contributed by atoms with Gasteiger partial charge in [-0.1, -0.05) is 0 Å². The van der Waals surface area contributed by atoms with Crippen LogP contribution in [0, 0.1) is 0 Å². The van der Waals surface area contributed by atoms with Gasteiger partial charge >= 0.3 is 12.1 Å². The maximum Gasteiger partial charge on any atom is 0.422 e. The van der Waals surface area contributed by atoms with Gasteiger partial charge in [0.05, 0.1) is 10.0 Å². The number of rotatable bonds is 3. The normalized spacial score (nSPS) is 11.2. The number of hydrogen-bond donors (Lipinski definition) is 1. The third-order valence-corrected chi connectivity index (χ3v) is 2.19. The number of carboxylic acids is 1. The van der Waals surface area contributed by atoms with Crippen molar-refractivity contribution in [3.8, 4) is 5.75 Å². The highest BCUT2D eigenvalue weighted by Gasteiger charge is 2.28. The molecule has 1 aromatic rings. The molecule has 1 rings (SSSR count). The lowest BCUT2D eigenvalue weighted by molar-refractivity contribution is -0.153. The zero-order valence-corrected chi connectivity index (χ0v) is 9.30. The lowest BCUT2D eigenvalue weighted by atomic mass is 10.2. The van der Waals surface area contributed by atoms with E-state index in [0.717, 1.165) is 0 Å². The molecule has 3 nitrogen and oxygen atoms in total. The van der Waals surface area contributed by atoms with Crippen LogP contribution >= 0.6 is 15.9 Å². The van der Waals surface area contributed by atoms with Crippen LogP contribution in [-0.4, -0.2) is 23.9 Å². The second-order valence-electron chi connectivity index (χ2n) is 2.85. The average Bonchev–Trinajstić information content (AvgIpc) is 2.14. The molecule has 0 aromatic heterocycles. The van der Waals surface area contributed by atoms with Crippen molar-refractivity contribution >= 4 is 21.9 Å². The molecule has 0 aliphatic heterocycles. The second kappa shape index (κ2) is 4.73. The Morgan fingerprint density at radius 3 is 2.50 bits per heavy atom. The maximum atomic E-state index is 11.8. The van der Waals surface area contributed by atoms with Gasteiger partial charge in [0, 0.05) is 0 Å². The number of hydrogen-bond acceptors (Lipinski definition) is 2. The van der Waals surface area contributed by atoms with Crippen LogP contribution < -0.4 is 4.74 Å². The van der Waals surface area contributed by atoms with Crippen molar-refractivity contribution in [2.45, 2.75) is 6.18 Å². The molecule has 0 aliphatic carbocycles. The van der Waals surface area contributed by atoms with Gasteiger partial charge in [-0.2, -0.15) is 13.2 Å². The van der Waals surface area contributed by atoms with Gasteiger partial charge in [-0.05, 0) is 34.1 Å². The molecule has 0 amide bonds. The third-order valence-electron chi connectivity index (χ3n) is 1.57. The van der Waals surface area contributed by atoms with Gasteiger partial charge in [-0.15, -0.1) is 0 Å². The Kier molecular flexibility index (Phi) is 3.79. The Balaban J connectivity index is 2.80. The van der Waals surface area contributed by atoms with E-state index in [4.69, 9.17) is 5.11 Å². The van der Waals surface area contributed by atoms with Crippen LogP contribution in [0.1, 0.15) is 10.4 Å². The quantitative estimate of drug-likeness (QED) is 0.933. The fourth-order valence-corrected chi connectivity index (χ4v) is 1.40. The van der Waals surface area contributed by atoms with Gasteiger partial charge in [0.15, 0.2) is 6.61 Å². The molecule has 0 saturated carbocycles. The first-order valence-electron chi connectivity index (χ1n) is 4.02. The van der Waals surface area contributed by atoms with Crippen LogP contribution in [0.3, 0.4) is 0 Å². The largest absolute Gasteiger partial charge is 0.483 e. The summed E-state index contributed by atoms with van der Waals surface area (Å²) in [6.07, 6.45) is -4.43. The van der Waals surface area contributed by atoms with Gasteiger partial charge in [-0.25, -0.2) is 4.79 Å². The summed E-state index contributed by atoms with van der Waals surface area (Å²) in [6.45, 7) is -1.42. The first-order valence-corrected chi connectivity index (χ1v) is 4.81. The van der Waals surface area contributed by atoms with Crippen molar-refractivity contribution in [3.05, 3.63) is 28.2 Å². The number of aromatic carboxylic acids is 1. The Bertz CT molecular complexity index is 403. The molecule has 0 bridgehead atoms. The summed E-state index contributed by atoms with van der Waals surface area (Å²) in [5.41, 5.74) is -0.0359. The van der Waals surface area contributed by atoms with Crippen LogP contribution in [0.25, 0.3) is 0 Å². The smallest absolute Gasteiger partial charge is 0.422 e. The van der Waals surface area contributed by atoms with Crippen molar-refractivity contribution in [1.29, 1.82) is 0 Å². The Morgan fingerprint density at radius 2 is 2.06 bits per heavy atom. The SMILES string of the molecule is O=C(O)c1ccc(OCC(F)(F)F)c(Br)c1. The number of ether oxygens (including phenoxy) is 1. The fraction of sp³-hybridized carbons (Fsp3) is 0.222. The van der Waals surface area contributed by atoms with Crippen molar-refractivity contribution in [2.75, 3.05) is 6.61 Å².